The highest BCUT2D eigenvalue weighted by Gasteiger charge is 2.21. The molecule has 32 heavy (non-hydrogen) atoms. The zero-order chi connectivity index (χ0) is 22.4. The van der Waals surface area contributed by atoms with Crippen LogP contribution in [0.25, 0.3) is 32.4 Å². The van der Waals surface area contributed by atoms with E-state index in [0.717, 1.165) is 32.7 Å². The van der Waals surface area contributed by atoms with E-state index in [1.54, 1.807) is 10.9 Å². The monoisotopic (exact) mass is 442 g/mol. The molecule has 6 nitrogen and oxygen atoms in total. The van der Waals surface area contributed by atoms with E-state index in [0.29, 0.717) is 28.5 Å². The van der Waals surface area contributed by atoms with Crippen molar-refractivity contribution in [2.45, 2.75) is 34.2 Å². The van der Waals surface area contributed by atoms with Gasteiger partial charge in [0.25, 0.3) is 11.4 Å². The Morgan fingerprint density at radius 3 is 2.66 bits per heavy atom. The number of benzene rings is 2. The Balaban J connectivity index is 1.56. The fourth-order valence-electron chi connectivity index (χ4n) is 3.85. The fourth-order valence-corrected chi connectivity index (χ4v) is 4.91. The predicted molar refractivity (Wildman–Crippen MR) is 127 cm³/mol. The molecule has 5 aromatic rings. The van der Waals surface area contributed by atoms with Crippen LogP contribution in [0.5, 0.6) is 0 Å². The maximum absolute atomic E-state index is 13.3. The molecule has 0 radical (unpaired) electrons. The smallest absolute Gasteiger partial charge is 0.268 e. The van der Waals surface area contributed by atoms with Gasteiger partial charge in [-0.3, -0.25) is 9.36 Å². The van der Waals surface area contributed by atoms with Gasteiger partial charge in [0.2, 0.25) is 5.82 Å². The van der Waals surface area contributed by atoms with Crippen molar-refractivity contribution in [3.8, 4) is 22.2 Å². The average molecular weight is 443 g/mol. The van der Waals surface area contributed by atoms with E-state index in [9.17, 15) is 4.79 Å². The first-order valence-corrected chi connectivity index (χ1v) is 11.2. The summed E-state index contributed by atoms with van der Waals surface area (Å²) in [7, 11) is 0. The van der Waals surface area contributed by atoms with Gasteiger partial charge in [-0.1, -0.05) is 52.7 Å². The molecule has 0 aliphatic heterocycles. The van der Waals surface area contributed by atoms with E-state index in [-0.39, 0.29) is 5.56 Å². The number of fused-ring (bicyclic) bond motifs is 1. The van der Waals surface area contributed by atoms with Crippen molar-refractivity contribution in [3.05, 3.63) is 87.0 Å². The lowest BCUT2D eigenvalue weighted by Gasteiger charge is -2.09. The Kier molecular flexibility index (Phi) is 4.98. The summed E-state index contributed by atoms with van der Waals surface area (Å²) in [5.41, 5.74) is 6.21. The van der Waals surface area contributed by atoms with Gasteiger partial charge >= 0.3 is 0 Å². The molecule has 3 heterocycles. The first-order chi connectivity index (χ1) is 15.4. The fraction of sp³-hybridized carbons (Fsp3) is 0.200. The Labute approximate surface area is 189 Å². The highest BCUT2D eigenvalue weighted by Crippen LogP contribution is 2.35. The van der Waals surface area contributed by atoms with Crippen molar-refractivity contribution in [1.82, 2.24) is 19.7 Å². The molecule has 7 heteroatoms. The molecule has 0 fully saturated rings. The first kappa shape index (κ1) is 20.3. The lowest BCUT2D eigenvalue weighted by atomic mass is 10.1. The third-order valence-corrected chi connectivity index (χ3v) is 6.85. The molecule has 0 saturated carbocycles. The van der Waals surface area contributed by atoms with Crippen molar-refractivity contribution >= 4 is 21.6 Å². The molecule has 0 N–H and O–H groups in total. The zero-order valence-corrected chi connectivity index (χ0v) is 19.2. The van der Waals surface area contributed by atoms with Gasteiger partial charge < -0.3 is 4.52 Å². The minimum absolute atomic E-state index is 0.0608. The summed E-state index contributed by atoms with van der Waals surface area (Å²) in [6.07, 6.45) is 1.62. The van der Waals surface area contributed by atoms with E-state index in [1.165, 1.54) is 16.9 Å². The van der Waals surface area contributed by atoms with Gasteiger partial charge in [-0.15, -0.1) is 11.3 Å². The zero-order valence-electron chi connectivity index (χ0n) is 18.3. The predicted octanol–water partition coefficient (Wildman–Crippen LogP) is 5.46. The van der Waals surface area contributed by atoms with E-state index in [4.69, 9.17) is 4.52 Å². The SMILES string of the molecule is Cc1cccc(-c2noc(-c3sc4ncn(Cc5cc(C)ccc5C)c(=O)c4c3C)n2)c1. The molecule has 160 valence electrons. The van der Waals surface area contributed by atoms with E-state index in [2.05, 4.69) is 47.2 Å². The second-order valence-electron chi connectivity index (χ2n) is 8.14. The normalized spacial score (nSPS) is 11.4. The van der Waals surface area contributed by atoms with Gasteiger partial charge in [-0.05, 0) is 50.5 Å². The molecule has 0 aliphatic rings. The van der Waals surface area contributed by atoms with Gasteiger partial charge in [0.05, 0.1) is 23.1 Å². The lowest BCUT2D eigenvalue weighted by Crippen LogP contribution is -2.21. The van der Waals surface area contributed by atoms with Crippen LogP contribution < -0.4 is 5.56 Å². The topological polar surface area (TPSA) is 73.8 Å². The summed E-state index contributed by atoms with van der Waals surface area (Å²) in [6, 6.07) is 14.2. The second-order valence-corrected chi connectivity index (χ2v) is 9.14. The molecule has 0 amide bonds. The maximum atomic E-state index is 13.3. The summed E-state index contributed by atoms with van der Waals surface area (Å²) in [5, 5.41) is 4.75. The van der Waals surface area contributed by atoms with Crippen LogP contribution in [0.1, 0.15) is 27.8 Å². The standard InChI is InChI=1S/C25H22N4O2S/c1-14-6-5-7-18(10-14)22-27-23(31-28-22)21-17(4)20-24(32-21)26-13-29(25(20)30)12-19-11-15(2)8-9-16(19)3/h5-11,13H,12H2,1-4H3. The van der Waals surface area contributed by atoms with E-state index >= 15 is 0 Å². The molecule has 3 aromatic heterocycles. The Morgan fingerprint density at radius 2 is 1.84 bits per heavy atom. The highest BCUT2D eigenvalue weighted by atomic mass is 32.1. The van der Waals surface area contributed by atoms with Gasteiger partial charge in [-0.2, -0.15) is 4.98 Å². The van der Waals surface area contributed by atoms with E-state index < -0.39 is 0 Å². The molecular formula is C25H22N4O2S. The van der Waals surface area contributed by atoms with Crippen LogP contribution in [-0.4, -0.2) is 19.7 Å². The maximum Gasteiger partial charge on any atom is 0.268 e. The summed E-state index contributed by atoms with van der Waals surface area (Å²) in [6.45, 7) is 8.53. The van der Waals surface area contributed by atoms with Crippen LogP contribution >= 0.6 is 11.3 Å². The molecular weight excluding hydrogens is 420 g/mol. The Morgan fingerprint density at radius 1 is 1.03 bits per heavy atom. The molecule has 0 unspecified atom stereocenters. The van der Waals surface area contributed by atoms with Gasteiger partial charge in [-0.25, -0.2) is 4.98 Å². The molecule has 2 aromatic carbocycles. The molecule has 0 aliphatic carbocycles. The van der Waals surface area contributed by atoms with Gasteiger partial charge in [0.15, 0.2) is 0 Å². The summed E-state index contributed by atoms with van der Waals surface area (Å²) in [5.74, 6) is 0.934. The number of hydrogen-bond acceptors (Lipinski definition) is 6. The van der Waals surface area contributed by atoms with Crippen LogP contribution in [-0.2, 0) is 6.54 Å². The number of thiophene rings is 1. The summed E-state index contributed by atoms with van der Waals surface area (Å²) in [4.78, 5) is 23.9. The second kappa shape index (κ2) is 7.84. The average Bonchev–Trinajstić information content (AvgIpc) is 3.38. The minimum Gasteiger partial charge on any atom is -0.333 e. The third kappa shape index (κ3) is 3.54. The molecule has 0 bridgehead atoms. The summed E-state index contributed by atoms with van der Waals surface area (Å²) >= 11 is 1.40. The van der Waals surface area contributed by atoms with E-state index in [1.807, 2.05) is 38.1 Å². The Hall–Kier alpha value is -3.58. The largest absolute Gasteiger partial charge is 0.333 e. The van der Waals surface area contributed by atoms with Gasteiger partial charge in [0, 0.05) is 5.56 Å². The third-order valence-electron chi connectivity index (χ3n) is 5.66. The van der Waals surface area contributed by atoms with Crippen molar-refractivity contribution in [2.24, 2.45) is 0 Å². The summed E-state index contributed by atoms with van der Waals surface area (Å²) < 4.78 is 7.23. The first-order valence-electron chi connectivity index (χ1n) is 10.4. The van der Waals surface area contributed by atoms with Crippen molar-refractivity contribution < 1.29 is 4.52 Å². The number of nitrogens with zero attached hydrogens (tertiary/aromatic N) is 4. The van der Waals surface area contributed by atoms with Gasteiger partial charge in [0.1, 0.15) is 4.83 Å². The molecule has 0 spiro atoms. The van der Waals surface area contributed by atoms with Crippen LogP contribution in [0.15, 0.2) is 58.1 Å². The van der Waals surface area contributed by atoms with Crippen molar-refractivity contribution in [2.75, 3.05) is 0 Å². The highest BCUT2D eigenvalue weighted by molar-refractivity contribution is 7.22. The number of hydrogen-bond donors (Lipinski definition) is 0. The number of aromatic nitrogens is 4. The molecule has 0 atom stereocenters. The van der Waals surface area contributed by atoms with Crippen molar-refractivity contribution in [1.29, 1.82) is 0 Å². The Bertz CT molecular complexity index is 1530. The van der Waals surface area contributed by atoms with Crippen molar-refractivity contribution in [3.63, 3.8) is 0 Å². The quantitative estimate of drug-likeness (QED) is 0.370. The number of aryl methyl sites for hydroxylation is 4. The minimum atomic E-state index is -0.0608. The van der Waals surface area contributed by atoms with Crippen LogP contribution in [0.2, 0.25) is 0 Å². The number of rotatable bonds is 4. The molecule has 0 saturated heterocycles. The van der Waals surface area contributed by atoms with Crippen LogP contribution in [0.3, 0.4) is 0 Å². The molecule has 5 rings (SSSR count). The lowest BCUT2D eigenvalue weighted by molar-refractivity contribution is 0.433. The van der Waals surface area contributed by atoms with Crippen LogP contribution in [0.4, 0.5) is 0 Å². The van der Waals surface area contributed by atoms with Crippen LogP contribution in [0, 0.1) is 27.7 Å².